The predicted molar refractivity (Wildman–Crippen MR) is 44.9 cm³/mol. The predicted octanol–water partition coefficient (Wildman–Crippen LogP) is 1.39. The number of nitrogen functional groups attached to an aromatic ring is 1. The lowest BCUT2D eigenvalue weighted by Crippen LogP contribution is -2.10. The van der Waals surface area contributed by atoms with Crippen LogP contribution in [0.4, 0.5) is 14.5 Å². The molecule has 0 saturated heterocycles. The number of nitrogens with two attached hydrogens (primary N) is 1. The number of halogens is 2. The van der Waals surface area contributed by atoms with Crippen molar-refractivity contribution in [3.8, 4) is 0 Å². The summed E-state index contributed by atoms with van der Waals surface area (Å²) in [5.74, 6) is -0.889. The summed E-state index contributed by atoms with van der Waals surface area (Å²) >= 11 is 0. The fourth-order valence-corrected chi connectivity index (χ4v) is 0.997. The third kappa shape index (κ3) is 1.78. The molecule has 14 heavy (non-hydrogen) atoms. The summed E-state index contributed by atoms with van der Waals surface area (Å²) < 4.78 is 29.1. The first-order chi connectivity index (χ1) is 6.57. The lowest BCUT2D eigenvalue weighted by molar-refractivity contribution is 0.0590. The number of hydrogen-bond acceptors (Lipinski definition) is 4. The zero-order chi connectivity index (χ0) is 10.7. The van der Waals surface area contributed by atoms with Gasteiger partial charge in [0.15, 0.2) is 0 Å². The number of aromatic nitrogens is 1. The minimum absolute atomic E-state index is 0.116. The van der Waals surface area contributed by atoms with Gasteiger partial charge < -0.3 is 10.5 Å². The first-order valence-electron chi connectivity index (χ1n) is 3.67. The number of rotatable bonds is 2. The average Bonchev–Trinajstić information content (AvgIpc) is 2.16. The molecule has 0 aliphatic rings. The molecular weight excluding hydrogens is 194 g/mol. The zero-order valence-electron chi connectivity index (χ0n) is 7.33. The number of methoxy groups -OCH3 is 1. The molecule has 0 fully saturated rings. The van der Waals surface area contributed by atoms with Crippen molar-refractivity contribution in [3.63, 3.8) is 0 Å². The Bertz CT molecular complexity index is 355. The highest BCUT2D eigenvalue weighted by Gasteiger charge is 2.21. The van der Waals surface area contributed by atoms with Gasteiger partial charge in [0.05, 0.1) is 30.1 Å². The topological polar surface area (TPSA) is 65.2 Å². The molecule has 4 nitrogen and oxygen atoms in total. The van der Waals surface area contributed by atoms with E-state index in [0.717, 1.165) is 19.5 Å². The van der Waals surface area contributed by atoms with Crippen LogP contribution in [-0.4, -0.2) is 18.1 Å². The van der Waals surface area contributed by atoms with Crippen LogP contribution in [0.15, 0.2) is 12.4 Å². The fraction of sp³-hybridized carbons (Fsp3) is 0.250. The molecule has 1 aromatic rings. The monoisotopic (exact) mass is 202 g/mol. The Kier molecular flexibility index (Phi) is 2.95. The van der Waals surface area contributed by atoms with E-state index in [2.05, 4.69) is 9.72 Å². The van der Waals surface area contributed by atoms with Crippen molar-refractivity contribution in [2.24, 2.45) is 0 Å². The van der Waals surface area contributed by atoms with Crippen LogP contribution in [0, 0.1) is 0 Å². The minimum atomic E-state index is -2.81. The molecule has 0 atom stereocenters. The molecule has 0 radical (unpaired) electrons. The van der Waals surface area contributed by atoms with E-state index in [1.165, 1.54) is 0 Å². The first-order valence-corrected chi connectivity index (χ1v) is 3.67. The van der Waals surface area contributed by atoms with E-state index >= 15 is 0 Å². The van der Waals surface area contributed by atoms with Crippen LogP contribution in [0.2, 0.25) is 0 Å². The van der Waals surface area contributed by atoms with Gasteiger partial charge in [-0.2, -0.15) is 0 Å². The van der Waals surface area contributed by atoms with Crippen LogP contribution in [0.25, 0.3) is 0 Å². The Hall–Kier alpha value is -1.72. The van der Waals surface area contributed by atoms with Crippen LogP contribution in [0.1, 0.15) is 22.3 Å². The van der Waals surface area contributed by atoms with E-state index in [0.29, 0.717) is 0 Å². The second-order valence-corrected chi connectivity index (χ2v) is 2.49. The summed E-state index contributed by atoms with van der Waals surface area (Å²) in [4.78, 5) is 14.6. The molecule has 0 amide bonds. The van der Waals surface area contributed by atoms with Crippen LogP contribution in [0.5, 0.6) is 0 Å². The second kappa shape index (κ2) is 3.99. The zero-order valence-corrected chi connectivity index (χ0v) is 7.33. The van der Waals surface area contributed by atoms with Crippen LogP contribution >= 0.6 is 0 Å². The van der Waals surface area contributed by atoms with Crippen molar-refractivity contribution in [2.75, 3.05) is 12.8 Å². The van der Waals surface area contributed by atoms with E-state index in [1.54, 1.807) is 0 Å². The smallest absolute Gasteiger partial charge is 0.340 e. The number of carbonyl (C=O) groups is 1. The maximum Gasteiger partial charge on any atom is 0.340 e. The molecule has 0 aromatic carbocycles. The van der Waals surface area contributed by atoms with E-state index in [1.807, 2.05) is 0 Å². The van der Waals surface area contributed by atoms with E-state index < -0.39 is 18.0 Å². The number of ether oxygens (including phenoxy) is 1. The number of pyridine rings is 1. The molecule has 0 spiro atoms. The van der Waals surface area contributed by atoms with Crippen molar-refractivity contribution in [1.29, 1.82) is 0 Å². The third-order valence-electron chi connectivity index (χ3n) is 1.63. The summed E-state index contributed by atoms with van der Waals surface area (Å²) in [5.41, 5.74) is 4.38. The molecule has 0 aliphatic heterocycles. The van der Waals surface area contributed by atoms with Gasteiger partial charge in [-0.3, -0.25) is 4.98 Å². The van der Waals surface area contributed by atoms with Crippen molar-refractivity contribution >= 4 is 11.7 Å². The highest BCUT2D eigenvalue weighted by Crippen LogP contribution is 2.26. The summed E-state index contributed by atoms with van der Waals surface area (Å²) in [6, 6.07) is 0. The maximum atomic E-state index is 12.4. The van der Waals surface area contributed by atoms with Gasteiger partial charge in [0.1, 0.15) is 0 Å². The molecule has 0 saturated carbocycles. The SMILES string of the molecule is COC(=O)c1c(N)cncc1C(F)F. The van der Waals surface area contributed by atoms with Gasteiger partial charge in [-0.25, -0.2) is 13.6 Å². The van der Waals surface area contributed by atoms with Crippen molar-refractivity contribution in [1.82, 2.24) is 4.98 Å². The van der Waals surface area contributed by atoms with Gasteiger partial charge >= 0.3 is 5.97 Å². The van der Waals surface area contributed by atoms with Crippen molar-refractivity contribution in [3.05, 3.63) is 23.5 Å². The number of alkyl halides is 2. The van der Waals surface area contributed by atoms with Crippen molar-refractivity contribution in [2.45, 2.75) is 6.43 Å². The van der Waals surface area contributed by atoms with Crippen molar-refractivity contribution < 1.29 is 18.3 Å². The molecular formula is C8H8F2N2O2. The highest BCUT2D eigenvalue weighted by atomic mass is 19.3. The summed E-state index contributed by atoms with van der Waals surface area (Å²) in [7, 11) is 1.09. The van der Waals surface area contributed by atoms with Gasteiger partial charge in [-0.1, -0.05) is 0 Å². The molecule has 0 unspecified atom stereocenters. The van der Waals surface area contributed by atoms with Gasteiger partial charge in [-0.05, 0) is 0 Å². The molecule has 1 heterocycles. The third-order valence-corrected chi connectivity index (χ3v) is 1.63. The molecule has 1 aromatic heterocycles. The maximum absolute atomic E-state index is 12.4. The summed E-state index contributed by atoms with van der Waals surface area (Å²) in [6.07, 6.45) is -0.786. The van der Waals surface area contributed by atoms with E-state index in [9.17, 15) is 13.6 Å². The van der Waals surface area contributed by atoms with Crippen LogP contribution in [-0.2, 0) is 4.74 Å². The Morgan fingerprint density at radius 3 is 2.71 bits per heavy atom. The largest absolute Gasteiger partial charge is 0.465 e. The average molecular weight is 202 g/mol. The lowest BCUT2D eigenvalue weighted by atomic mass is 10.1. The number of nitrogens with zero attached hydrogens (tertiary/aromatic N) is 1. The highest BCUT2D eigenvalue weighted by molar-refractivity contribution is 5.96. The van der Waals surface area contributed by atoms with Gasteiger partial charge in [0, 0.05) is 6.20 Å². The minimum Gasteiger partial charge on any atom is -0.465 e. The molecule has 0 bridgehead atoms. The van der Waals surface area contributed by atoms with Crippen LogP contribution in [0.3, 0.4) is 0 Å². The summed E-state index contributed by atoms with van der Waals surface area (Å²) in [5, 5.41) is 0. The van der Waals surface area contributed by atoms with Gasteiger partial charge in [0.25, 0.3) is 6.43 Å². The van der Waals surface area contributed by atoms with Crippen LogP contribution < -0.4 is 5.73 Å². The molecule has 76 valence electrons. The standard InChI is InChI=1S/C8H8F2N2O2/c1-14-8(13)6-4(7(9)10)2-12-3-5(6)11/h2-3,7H,11H2,1H3. The number of hydrogen-bond donors (Lipinski definition) is 1. The van der Waals surface area contributed by atoms with E-state index in [-0.39, 0.29) is 11.3 Å². The normalized spacial score (nSPS) is 10.3. The van der Waals surface area contributed by atoms with Gasteiger partial charge in [0.2, 0.25) is 0 Å². The number of carbonyl (C=O) groups excluding carboxylic acids is 1. The number of anilines is 1. The number of esters is 1. The van der Waals surface area contributed by atoms with Gasteiger partial charge in [-0.15, -0.1) is 0 Å². The quantitative estimate of drug-likeness (QED) is 0.736. The Balaban J connectivity index is 3.29. The Labute approximate surface area is 78.7 Å². The molecule has 6 heteroatoms. The molecule has 1 rings (SSSR count). The fourth-order valence-electron chi connectivity index (χ4n) is 0.997. The molecule has 0 aliphatic carbocycles. The summed E-state index contributed by atoms with van der Waals surface area (Å²) in [6.45, 7) is 0. The Morgan fingerprint density at radius 2 is 2.21 bits per heavy atom. The molecule has 2 N–H and O–H groups in total. The first kappa shape index (κ1) is 10.4. The van der Waals surface area contributed by atoms with E-state index in [4.69, 9.17) is 5.73 Å². The lowest BCUT2D eigenvalue weighted by Gasteiger charge is -2.08. The Morgan fingerprint density at radius 1 is 1.57 bits per heavy atom. The second-order valence-electron chi connectivity index (χ2n) is 2.49.